The molecule has 0 aliphatic rings. The van der Waals surface area contributed by atoms with E-state index in [2.05, 4.69) is 21.0 Å². The zero-order valence-corrected chi connectivity index (χ0v) is 12.8. The van der Waals surface area contributed by atoms with Gasteiger partial charge in [-0.2, -0.15) is 5.11 Å². The summed E-state index contributed by atoms with van der Waals surface area (Å²) in [6, 6.07) is -0.178. The van der Waals surface area contributed by atoms with Crippen LogP contribution >= 0.6 is 0 Å². The first kappa shape index (κ1) is 19.5. The third-order valence-electron chi connectivity index (χ3n) is 3.17. The lowest BCUT2D eigenvalue weighted by Gasteiger charge is -2.13. The van der Waals surface area contributed by atoms with E-state index in [0.717, 1.165) is 32.1 Å². The lowest BCUT2D eigenvalue weighted by atomic mass is 10.1. The van der Waals surface area contributed by atoms with Crippen LogP contribution in [0.2, 0.25) is 0 Å². The Morgan fingerprint density at radius 3 is 2.57 bits per heavy atom. The van der Waals surface area contributed by atoms with Gasteiger partial charge in [0.1, 0.15) is 0 Å². The summed E-state index contributed by atoms with van der Waals surface area (Å²) >= 11 is 0. The molecule has 8 heteroatoms. The number of ketones is 1. The summed E-state index contributed by atoms with van der Waals surface area (Å²) < 4.78 is 0. The number of carbonyl (C=O) groups is 2. The molecule has 0 saturated carbocycles. The van der Waals surface area contributed by atoms with Gasteiger partial charge in [0, 0.05) is 13.0 Å². The summed E-state index contributed by atoms with van der Waals surface area (Å²) in [4.78, 5) is 22.9. The van der Waals surface area contributed by atoms with Crippen LogP contribution in [0.5, 0.6) is 0 Å². The van der Waals surface area contributed by atoms with E-state index in [1.54, 1.807) is 7.05 Å². The van der Waals surface area contributed by atoms with Crippen LogP contribution in [0.4, 0.5) is 0 Å². The van der Waals surface area contributed by atoms with Crippen LogP contribution in [0.15, 0.2) is 10.3 Å². The third-order valence-corrected chi connectivity index (χ3v) is 3.17. The van der Waals surface area contributed by atoms with Gasteiger partial charge in [-0.1, -0.05) is 5.22 Å². The molecule has 0 aromatic carbocycles. The number of nitrogens with zero attached hydrogens (tertiary/aromatic N) is 2. The summed E-state index contributed by atoms with van der Waals surface area (Å²) in [7, 11) is 1.75. The second-order valence-electron chi connectivity index (χ2n) is 4.80. The molecule has 0 radical (unpaired) electrons. The van der Waals surface area contributed by atoms with E-state index >= 15 is 0 Å². The van der Waals surface area contributed by atoms with Gasteiger partial charge >= 0.3 is 0 Å². The van der Waals surface area contributed by atoms with Crippen LogP contribution in [0.1, 0.15) is 38.5 Å². The SMILES string of the molecule is CNC(CCCCNC(=O)CCCCN=NN)C(=O)CN. The van der Waals surface area contributed by atoms with Crippen molar-refractivity contribution in [3.8, 4) is 0 Å². The Morgan fingerprint density at radius 1 is 1.19 bits per heavy atom. The zero-order valence-electron chi connectivity index (χ0n) is 12.8. The fraction of sp³-hybridized carbons (Fsp3) is 0.846. The largest absolute Gasteiger partial charge is 0.356 e. The van der Waals surface area contributed by atoms with Gasteiger partial charge in [-0.25, -0.2) is 0 Å². The predicted molar refractivity (Wildman–Crippen MR) is 81.5 cm³/mol. The maximum atomic E-state index is 11.5. The molecule has 0 aromatic rings. The maximum absolute atomic E-state index is 11.5. The summed E-state index contributed by atoms with van der Waals surface area (Å²) in [5.74, 6) is 4.94. The molecule has 8 nitrogen and oxygen atoms in total. The highest BCUT2D eigenvalue weighted by Gasteiger charge is 2.13. The highest BCUT2D eigenvalue weighted by Crippen LogP contribution is 2.01. The molecule has 0 aliphatic carbocycles. The number of rotatable bonds is 13. The van der Waals surface area contributed by atoms with Crippen molar-refractivity contribution < 1.29 is 9.59 Å². The van der Waals surface area contributed by atoms with Crippen molar-refractivity contribution in [3.63, 3.8) is 0 Å². The topological polar surface area (TPSA) is 135 Å². The molecule has 0 spiro atoms. The molecule has 0 fully saturated rings. The van der Waals surface area contributed by atoms with Crippen molar-refractivity contribution >= 4 is 11.7 Å². The molecule has 122 valence electrons. The number of hydrogen-bond acceptors (Lipinski definition) is 6. The van der Waals surface area contributed by atoms with Crippen LogP contribution in [0.3, 0.4) is 0 Å². The van der Waals surface area contributed by atoms with Crippen molar-refractivity contribution in [2.45, 2.75) is 44.6 Å². The standard InChI is InChI=1S/C13H28N6O2/c1-16-11(12(20)10-14)6-2-4-8-17-13(21)7-3-5-9-18-19-15/h11,16H,2-10,14H2,1H3,(H2,15,18)(H,17,21). The summed E-state index contributed by atoms with van der Waals surface area (Å²) in [6.07, 6.45) is 4.53. The minimum atomic E-state index is -0.178. The predicted octanol–water partition coefficient (Wildman–Crippen LogP) is -0.115. The maximum Gasteiger partial charge on any atom is 0.219 e. The van der Waals surface area contributed by atoms with Crippen molar-refractivity contribution in [1.29, 1.82) is 0 Å². The molecule has 0 aromatic heterocycles. The Morgan fingerprint density at radius 2 is 1.95 bits per heavy atom. The second-order valence-corrected chi connectivity index (χ2v) is 4.80. The highest BCUT2D eigenvalue weighted by molar-refractivity contribution is 5.85. The van der Waals surface area contributed by atoms with Gasteiger partial charge in [-0.05, 0) is 39.2 Å². The Hall–Kier alpha value is -1.54. The molecule has 1 atom stereocenters. The Bertz CT molecular complexity index is 322. The van der Waals surface area contributed by atoms with E-state index in [1.165, 1.54) is 0 Å². The number of carbonyl (C=O) groups excluding carboxylic acids is 2. The molecule has 0 bridgehead atoms. The number of nitrogens with two attached hydrogens (primary N) is 2. The van der Waals surface area contributed by atoms with Gasteiger partial charge in [0.2, 0.25) is 5.91 Å². The average Bonchev–Trinajstić information content (AvgIpc) is 2.50. The van der Waals surface area contributed by atoms with Crippen LogP contribution in [0.25, 0.3) is 0 Å². The number of amides is 1. The molecular weight excluding hydrogens is 272 g/mol. The normalized spacial score (nSPS) is 12.5. The minimum absolute atomic E-state index is 0.0242. The van der Waals surface area contributed by atoms with Gasteiger partial charge in [0.25, 0.3) is 0 Å². The quantitative estimate of drug-likeness (QED) is 0.163. The van der Waals surface area contributed by atoms with Gasteiger partial charge in [-0.15, -0.1) is 0 Å². The Balaban J connectivity index is 3.53. The van der Waals surface area contributed by atoms with Crippen molar-refractivity contribution in [2.24, 2.45) is 21.9 Å². The van der Waals surface area contributed by atoms with Gasteiger partial charge in [-0.3, -0.25) is 9.59 Å². The first-order chi connectivity index (χ1) is 10.2. The van der Waals surface area contributed by atoms with Gasteiger partial charge in [0.15, 0.2) is 5.78 Å². The van der Waals surface area contributed by atoms with E-state index in [0.29, 0.717) is 19.5 Å². The average molecular weight is 300 g/mol. The van der Waals surface area contributed by atoms with Gasteiger partial charge in [0.05, 0.1) is 19.1 Å². The van der Waals surface area contributed by atoms with Crippen molar-refractivity contribution in [3.05, 3.63) is 0 Å². The molecule has 0 rings (SSSR count). The van der Waals surface area contributed by atoms with E-state index in [4.69, 9.17) is 11.6 Å². The number of nitrogens with one attached hydrogen (secondary N) is 2. The van der Waals surface area contributed by atoms with E-state index in [9.17, 15) is 9.59 Å². The molecule has 1 amide bonds. The number of Topliss-reactive ketones (excluding diaryl/α,β-unsaturated/α-hetero) is 1. The van der Waals surface area contributed by atoms with E-state index < -0.39 is 0 Å². The summed E-state index contributed by atoms with van der Waals surface area (Å²) in [5, 5.41) is 12.6. The lowest BCUT2D eigenvalue weighted by Crippen LogP contribution is -2.38. The smallest absolute Gasteiger partial charge is 0.219 e. The van der Waals surface area contributed by atoms with Crippen molar-refractivity contribution in [2.75, 3.05) is 26.7 Å². The lowest BCUT2D eigenvalue weighted by molar-refractivity contribution is -0.121. The zero-order chi connectivity index (χ0) is 15.9. The molecule has 0 aliphatic heterocycles. The van der Waals surface area contributed by atoms with Crippen LogP contribution in [-0.4, -0.2) is 44.4 Å². The van der Waals surface area contributed by atoms with Gasteiger partial charge < -0.3 is 22.2 Å². The van der Waals surface area contributed by atoms with Crippen LogP contribution < -0.4 is 22.2 Å². The highest BCUT2D eigenvalue weighted by atomic mass is 16.1. The fourth-order valence-corrected chi connectivity index (χ4v) is 1.92. The first-order valence-corrected chi connectivity index (χ1v) is 7.39. The molecule has 0 heterocycles. The van der Waals surface area contributed by atoms with E-state index in [1.807, 2.05) is 0 Å². The summed E-state index contributed by atoms with van der Waals surface area (Å²) in [6.45, 7) is 1.25. The number of likely N-dealkylation sites (N-methyl/N-ethyl adjacent to an activating group) is 1. The molecule has 1 unspecified atom stereocenters. The van der Waals surface area contributed by atoms with Crippen LogP contribution in [-0.2, 0) is 9.59 Å². The third kappa shape index (κ3) is 10.9. The molecular formula is C13H28N6O2. The Labute approximate surface area is 126 Å². The molecule has 6 N–H and O–H groups in total. The summed E-state index contributed by atoms with van der Waals surface area (Å²) in [5.41, 5.74) is 5.33. The van der Waals surface area contributed by atoms with Crippen molar-refractivity contribution in [1.82, 2.24) is 10.6 Å². The fourth-order valence-electron chi connectivity index (χ4n) is 1.92. The van der Waals surface area contributed by atoms with Crippen LogP contribution in [0, 0.1) is 0 Å². The number of hydrogen-bond donors (Lipinski definition) is 4. The Kier molecular flexibility index (Phi) is 12.5. The molecule has 0 saturated heterocycles. The second kappa shape index (κ2) is 13.4. The minimum Gasteiger partial charge on any atom is -0.356 e. The first-order valence-electron chi connectivity index (χ1n) is 7.39. The molecule has 21 heavy (non-hydrogen) atoms. The van der Waals surface area contributed by atoms with E-state index in [-0.39, 0.29) is 24.3 Å². The number of unbranched alkanes of at least 4 members (excludes halogenated alkanes) is 2. The monoisotopic (exact) mass is 300 g/mol.